The first kappa shape index (κ1) is 142. The molecule has 134 heavy (non-hydrogen) atoms. The van der Waals surface area contributed by atoms with Gasteiger partial charge >= 0.3 is 98.6 Å². The van der Waals surface area contributed by atoms with E-state index in [0.717, 1.165) is 205 Å². The first-order valence-corrected chi connectivity index (χ1v) is 54.5. The summed E-state index contributed by atoms with van der Waals surface area (Å²) in [6.07, 6.45) is 66.0. The minimum absolute atomic E-state index is 0. The molecule has 6 N–H and O–H groups in total. The normalized spacial score (nSPS) is 13.6. The summed E-state index contributed by atoms with van der Waals surface area (Å²) in [5, 5.41) is 10.6. The molecule has 0 aromatic rings. The number of rotatable bonds is 96. The van der Waals surface area contributed by atoms with Gasteiger partial charge in [0.1, 0.15) is 30.8 Å². The van der Waals surface area contributed by atoms with Crippen molar-refractivity contribution in [2.24, 2.45) is 0 Å². The van der Waals surface area contributed by atoms with Crippen LogP contribution in [-0.2, 0) is 94.0 Å². The van der Waals surface area contributed by atoms with Crippen LogP contribution in [0.15, 0.2) is 48.6 Å². The SMILES string of the molecule is C.C.C.CCCCCC/C=C\CCCC(=O)O[C@H](CCCCCCC)CCOCC(COP(=O)(O)OCCNC(=O)CC(=O)NCCOP(=O)(O)OCC(COCC[C@@H](CCCCCCC)OC(=O)CCC/C=C\CCCCCC)NC(=O)C[C@@H](CCCCCCC)OC(=O)CCC/C=C\CCCCCC)NC(=O)C[C@@H](CCCCCCC)OC(=O)CCC/C=C\CCCCCC.[H-].[H-].[Na+].[Na+]. The summed E-state index contributed by atoms with van der Waals surface area (Å²) in [5.41, 5.74) is 0. The van der Waals surface area contributed by atoms with Crippen molar-refractivity contribution in [1.82, 2.24) is 21.3 Å². The summed E-state index contributed by atoms with van der Waals surface area (Å²) in [5.74, 6) is -3.94. The molecule has 0 fully saturated rings. The van der Waals surface area contributed by atoms with Crippen LogP contribution < -0.4 is 80.4 Å². The number of phosphoric acid groups is 2. The maximum atomic E-state index is 14.0. The number of hydrogen-bond donors (Lipinski definition) is 6. The van der Waals surface area contributed by atoms with E-state index in [-0.39, 0.29) is 174 Å². The number of carbonyl (C=O) groups is 8. The molecule has 30 heteroatoms. The summed E-state index contributed by atoms with van der Waals surface area (Å²) >= 11 is 0. The van der Waals surface area contributed by atoms with Crippen molar-refractivity contribution in [3.05, 3.63) is 48.6 Å². The molecule has 0 rings (SSSR count). The van der Waals surface area contributed by atoms with E-state index in [9.17, 15) is 57.3 Å². The van der Waals surface area contributed by atoms with Gasteiger partial charge < -0.3 is 62.3 Å². The summed E-state index contributed by atoms with van der Waals surface area (Å²) in [6.45, 7) is 14.3. The minimum atomic E-state index is -4.89. The van der Waals surface area contributed by atoms with E-state index in [1.54, 1.807) is 0 Å². The van der Waals surface area contributed by atoms with Gasteiger partial charge in [0.2, 0.25) is 23.6 Å². The van der Waals surface area contributed by atoms with Gasteiger partial charge in [0, 0.05) is 51.6 Å². The molecule has 8 atom stereocenters. The quantitative estimate of drug-likeness (QED) is 0.00626. The monoisotopic (exact) mass is 1970 g/mol. The van der Waals surface area contributed by atoms with Crippen LogP contribution in [0.4, 0.5) is 0 Å². The Morgan fingerprint density at radius 1 is 0.284 bits per heavy atom. The summed E-state index contributed by atoms with van der Waals surface area (Å²) in [4.78, 5) is 129. The third kappa shape index (κ3) is 97.7. The first-order chi connectivity index (χ1) is 62.6. The summed E-state index contributed by atoms with van der Waals surface area (Å²) in [6, 6.07) is -2.02. The Kier molecular flexibility index (Phi) is 110. The molecule has 26 nitrogen and oxygen atoms in total. The van der Waals surface area contributed by atoms with Crippen molar-refractivity contribution in [2.45, 2.75) is 506 Å². The van der Waals surface area contributed by atoms with Gasteiger partial charge in [0.25, 0.3) is 0 Å². The van der Waals surface area contributed by atoms with Gasteiger partial charge in [-0.3, -0.25) is 56.5 Å². The minimum Gasteiger partial charge on any atom is -1.00 e. The van der Waals surface area contributed by atoms with E-state index in [0.29, 0.717) is 64.2 Å². The van der Waals surface area contributed by atoms with E-state index in [2.05, 4.69) is 125 Å². The molecular formula is C104H200N4Na2O22P2. The average Bonchev–Trinajstić information content (AvgIpc) is 0.899. The standard InChI is InChI=1S/C101H186N4O22P2.3CH4.2Na.2H/c1-9-17-25-33-37-41-45-53-61-69-98(110)124-90(65-57-49-29-21-13-5)73-77-118-84-88(104-96(108)81-92(67-59-51-31-23-15-7)126-100(112)71-63-55-47-43-39-35-27-19-11-3)86-122-128(114,115)120-79-75-102-94(106)83-95(107)103-76-80-121-129(116,117)123-87-89(85-119-78-74-91(66-58-50-30-22-14-6)125-99(111)70-62-54-46-42-38-34-26-18-10-2)105-97(109)82-93(68-60-52-32-24-16-8)127-101(113)72-64-56-48-44-40-36-28-20-12-4;;;;;;;/h41-48,88-93H,9-40,49-87H2,1-8H3,(H,102,106)(H,103,107)(H,104,108)(H,105,109)(H,114,115)(H,116,117);3*1H4;;;;/q;;;;2*+1;2*-1/b45-41-,46-42-,47-43-,48-44-;;;;;;;/t88?,89?,90-,91-,92-,93-;;;;;;;/m1......./s1. The van der Waals surface area contributed by atoms with Gasteiger partial charge in [-0.15, -0.1) is 0 Å². The van der Waals surface area contributed by atoms with Crippen LogP contribution in [0.5, 0.6) is 0 Å². The smallest absolute Gasteiger partial charge is 1.00 e. The third-order valence-corrected chi connectivity index (χ3v) is 24.2. The summed E-state index contributed by atoms with van der Waals surface area (Å²) < 4.78 is 84.5. The van der Waals surface area contributed by atoms with Crippen LogP contribution in [0.25, 0.3) is 0 Å². The molecule has 0 aliphatic carbocycles. The van der Waals surface area contributed by atoms with Gasteiger partial charge in [-0.25, -0.2) is 9.13 Å². The molecule has 0 aromatic heterocycles. The van der Waals surface area contributed by atoms with E-state index in [1.807, 2.05) is 0 Å². The largest absolute Gasteiger partial charge is 1.00 e. The number of esters is 4. The van der Waals surface area contributed by atoms with Crippen LogP contribution in [0.2, 0.25) is 0 Å². The van der Waals surface area contributed by atoms with E-state index >= 15 is 0 Å². The molecule has 0 spiro atoms. The Balaban J connectivity index is -0.00000390. The Morgan fingerprint density at radius 2 is 0.515 bits per heavy atom. The molecule has 0 heterocycles. The van der Waals surface area contributed by atoms with Gasteiger partial charge in [-0.2, -0.15) is 0 Å². The fourth-order valence-electron chi connectivity index (χ4n) is 14.5. The third-order valence-electron chi connectivity index (χ3n) is 22.2. The number of unbranched alkanes of at least 4 members (excludes halogenated alkanes) is 36. The molecule has 0 bridgehead atoms. The van der Waals surface area contributed by atoms with Crippen LogP contribution in [0.1, 0.15) is 472 Å². The fourth-order valence-corrected chi connectivity index (χ4v) is 16.0. The van der Waals surface area contributed by atoms with Crippen molar-refractivity contribution in [1.29, 1.82) is 0 Å². The van der Waals surface area contributed by atoms with Gasteiger partial charge in [-0.1, -0.05) is 306 Å². The maximum absolute atomic E-state index is 14.0. The maximum Gasteiger partial charge on any atom is 1.00 e. The van der Waals surface area contributed by atoms with Crippen molar-refractivity contribution in [3.63, 3.8) is 0 Å². The molecule has 4 unspecified atom stereocenters. The Labute approximate surface area is 864 Å². The van der Waals surface area contributed by atoms with Crippen molar-refractivity contribution in [3.8, 4) is 0 Å². The predicted molar refractivity (Wildman–Crippen MR) is 541 cm³/mol. The number of amides is 4. The first-order valence-electron chi connectivity index (χ1n) is 51.5. The van der Waals surface area contributed by atoms with Crippen LogP contribution in [-0.4, -0.2) is 160 Å². The molecule has 0 aliphatic rings. The zero-order valence-corrected chi connectivity index (χ0v) is 90.0. The molecular weight excluding hydrogens is 1770 g/mol. The second-order valence-electron chi connectivity index (χ2n) is 34.8. The Hall–Kier alpha value is -3.14. The molecule has 0 saturated heterocycles. The van der Waals surface area contributed by atoms with Crippen molar-refractivity contribution >= 4 is 63.2 Å². The number of allylic oxidation sites excluding steroid dienone is 8. The number of hydrogen-bond acceptors (Lipinski definition) is 20. The summed E-state index contributed by atoms with van der Waals surface area (Å²) in [7, 11) is -9.77. The molecule has 0 radical (unpaired) electrons. The average molecular weight is 1970 g/mol. The van der Waals surface area contributed by atoms with Crippen molar-refractivity contribution < 1.29 is 166 Å². The van der Waals surface area contributed by atoms with Crippen LogP contribution in [0.3, 0.4) is 0 Å². The molecule has 4 amide bonds. The van der Waals surface area contributed by atoms with Crippen LogP contribution >= 0.6 is 15.6 Å². The van der Waals surface area contributed by atoms with Crippen molar-refractivity contribution in [2.75, 3.05) is 65.9 Å². The molecule has 0 aromatic carbocycles. The predicted octanol–water partition coefficient (Wildman–Crippen LogP) is 20.5. The second kappa shape index (κ2) is 104. The molecule has 0 saturated carbocycles. The zero-order valence-electron chi connectivity index (χ0n) is 86.2. The van der Waals surface area contributed by atoms with Gasteiger partial charge in [-0.05, 0) is 154 Å². The van der Waals surface area contributed by atoms with Crippen LogP contribution in [0, 0.1) is 0 Å². The van der Waals surface area contributed by atoms with Gasteiger partial charge in [0.05, 0.1) is 77.8 Å². The number of carbonyl (C=O) groups excluding carboxylic acids is 8. The zero-order chi connectivity index (χ0) is 94.8. The topological polar surface area (TPSA) is 352 Å². The van der Waals surface area contributed by atoms with E-state index < -0.39 is 121 Å². The molecule has 780 valence electrons. The second-order valence-corrected chi connectivity index (χ2v) is 37.8. The van der Waals surface area contributed by atoms with Gasteiger partial charge in [0.15, 0.2) is 0 Å². The number of nitrogens with one attached hydrogen (secondary N) is 4. The van der Waals surface area contributed by atoms with E-state index in [4.69, 9.17) is 46.5 Å². The van der Waals surface area contributed by atoms with E-state index in [1.165, 1.54) is 77.0 Å². The molecule has 0 aliphatic heterocycles. The fraction of sp³-hybridized carbons (Fsp3) is 0.846. The Bertz CT molecular complexity index is 2800. The number of ether oxygens (including phenoxy) is 6. The number of phosphoric ester groups is 2. The Morgan fingerprint density at radius 3 is 0.776 bits per heavy atom.